The fraction of sp³-hybridized carbons (Fsp3) is 0.333. The first-order valence-electron chi connectivity index (χ1n) is 3.72. The third kappa shape index (κ3) is 1.41. The number of hydrogen-bond acceptors (Lipinski definition) is 6. The summed E-state index contributed by atoms with van der Waals surface area (Å²) >= 11 is 0. The number of aromatic nitrogens is 5. The van der Waals surface area contributed by atoms with Gasteiger partial charge in [-0.15, -0.1) is 0 Å². The molecule has 0 saturated carbocycles. The van der Waals surface area contributed by atoms with Crippen LogP contribution in [0, 0.1) is 0 Å². The van der Waals surface area contributed by atoms with Gasteiger partial charge in [0.2, 0.25) is 0 Å². The van der Waals surface area contributed by atoms with E-state index in [2.05, 4.69) is 25.6 Å². The lowest BCUT2D eigenvalue weighted by Crippen LogP contribution is -2.06. The van der Waals surface area contributed by atoms with E-state index in [4.69, 9.17) is 10.3 Å². The molecular formula is C6H8N6O. The predicted molar refractivity (Wildman–Crippen MR) is 42.3 cm³/mol. The maximum absolute atomic E-state index is 5.55. The third-order valence-electron chi connectivity index (χ3n) is 1.48. The lowest BCUT2D eigenvalue weighted by atomic mass is 10.3. The fourth-order valence-corrected chi connectivity index (χ4v) is 0.829. The molecule has 0 aliphatic rings. The Hall–Kier alpha value is -1.76. The van der Waals surface area contributed by atoms with Crippen molar-refractivity contribution >= 4 is 0 Å². The fourth-order valence-electron chi connectivity index (χ4n) is 0.829. The van der Waals surface area contributed by atoms with Crippen LogP contribution in [0.1, 0.15) is 18.8 Å². The Morgan fingerprint density at radius 3 is 3.00 bits per heavy atom. The van der Waals surface area contributed by atoms with Crippen LogP contribution in [0.2, 0.25) is 0 Å². The standard InChI is InChI=1S/C6H8N6O/c1-3(7)5-9-6(13-11-5)4-2-8-12-10-4/h2-3H,7H2,1H3,(H,8,10,12). The van der Waals surface area contributed by atoms with E-state index in [0.717, 1.165) is 0 Å². The van der Waals surface area contributed by atoms with Crippen LogP contribution in [0.3, 0.4) is 0 Å². The van der Waals surface area contributed by atoms with Crippen LogP contribution >= 0.6 is 0 Å². The molecule has 7 nitrogen and oxygen atoms in total. The SMILES string of the molecule is CC(N)c1noc(-c2cn[nH]n2)n1. The zero-order chi connectivity index (χ0) is 9.26. The molecule has 0 spiro atoms. The first kappa shape index (κ1) is 7.87. The van der Waals surface area contributed by atoms with E-state index >= 15 is 0 Å². The van der Waals surface area contributed by atoms with Crippen LogP contribution in [0.25, 0.3) is 11.6 Å². The second-order valence-corrected chi connectivity index (χ2v) is 2.60. The molecule has 0 aromatic carbocycles. The first-order chi connectivity index (χ1) is 6.27. The molecule has 0 fully saturated rings. The molecule has 3 N–H and O–H groups in total. The summed E-state index contributed by atoms with van der Waals surface area (Å²) in [6.45, 7) is 1.78. The second-order valence-electron chi connectivity index (χ2n) is 2.60. The number of nitrogens with one attached hydrogen (secondary N) is 1. The molecule has 0 bridgehead atoms. The molecule has 2 aromatic rings. The molecule has 0 aliphatic carbocycles. The maximum atomic E-state index is 5.55. The Balaban J connectivity index is 2.33. The van der Waals surface area contributed by atoms with Crippen LogP contribution in [-0.4, -0.2) is 25.6 Å². The van der Waals surface area contributed by atoms with Crippen LogP contribution in [0.15, 0.2) is 10.7 Å². The Bertz CT molecular complexity index is 377. The van der Waals surface area contributed by atoms with Crippen molar-refractivity contribution in [3.8, 4) is 11.6 Å². The molecule has 2 rings (SSSR count). The van der Waals surface area contributed by atoms with Gasteiger partial charge in [0.15, 0.2) is 11.5 Å². The first-order valence-corrected chi connectivity index (χ1v) is 3.72. The average Bonchev–Trinajstić information content (AvgIpc) is 2.75. The van der Waals surface area contributed by atoms with Crippen molar-refractivity contribution in [3.63, 3.8) is 0 Å². The minimum absolute atomic E-state index is 0.246. The number of H-pyrrole nitrogens is 1. The minimum Gasteiger partial charge on any atom is -0.332 e. The zero-order valence-electron chi connectivity index (χ0n) is 6.93. The summed E-state index contributed by atoms with van der Waals surface area (Å²) in [6.07, 6.45) is 1.50. The zero-order valence-corrected chi connectivity index (χ0v) is 6.93. The molecule has 2 heterocycles. The summed E-state index contributed by atoms with van der Waals surface area (Å²) < 4.78 is 4.91. The highest BCUT2D eigenvalue weighted by atomic mass is 16.5. The molecule has 13 heavy (non-hydrogen) atoms. The van der Waals surface area contributed by atoms with Crippen LogP contribution < -0.4 is 5.73 Å². The highest BCUT2D eigenvalue weighted by Gasteiger charge is 2.12. The Labute approximate surface area is 73.3 Å². The van der Waals surface area contributed by atoms with E-state index in [1.165, 1.54) is 6.20 Å². The largest absolute Gasteiger partial charge is 0.332 e. The molecule has 0 saturated heterocycles. The van der Waals surface area contributed by atoms with E-state index in [1.807, 2.05) is 0 Å². The van der Waals surface area contributed by atoms with Crippen molar-refractivity contribution < 1.29 is 4.52 Å². The molecule has 7 heteroatoms. The minimum atomic E-state index is -0.246. The summed E-state index contributed by atoms with van der Waals surface area (Å²) in [5, 5.41) is 13.5. The Kier molecular flexibility index (Phi) is 1.78. The van der Waals surface area contributed by atoms with Gasteiger partial charge >= 0.3 is 0 Å². The quantitative estimate of drug-likeness (QED) is 0.666. The van der Waals surface area contributed by atoms with Crippen molar-refractivity contribution in [1.29, 1.82) is 0 Å². The van der Waals surface area contributed by atoms with Gasteiger partial charge in [-0.25, -0.2) is 0 Å². The van der Waals surface area contributed by atoms with Gasteiger partial charge in [0, 0.05) is 0 Å². The molecule has 2 aromatic heterocycles. The molecule has 1 unspecified atom stereocenters. The lowest BCUT2D eigenvalue weighted by Gasteiger charge is -1.92. The molecule has 68 valence electrons. The van der Waals surface area contributed by atoms with Gasteiger partial charge in [-0.2, -0.15) is 20.4 Å². The summed E-state index contributed by atoms with van der Waals surface area (Å²) in [5.41, 5.74) is 6.06. The van der Waals surface area contributed by atoms with Gasteiger partial charge < -0.3 is 10.3 Å². The molecular weight excluding hydrogens is 172 g/mol. The third-order valence-corrected chi connectivity index (χ3v) is 1.48. The Morgan fingerprint density at radius 1 is 1.62 bits per heavy atom. The van der Waals surface area contributed by atoms with E-state index in [0.29, 0.717) is 17.4 Å². The maximum Gasteiger partial charge on any atom is 0.280 e. The highest BCUT2D eigenvalue weighted by Crippen LogP contribution is 2.14. The Morgan fingerprint density at radius 2 is 2.46 bits per heavy atom. The van der Waals surface area contributed by atoms with E-state index in [-0.39, 0.29) is 6.04 Å². The summed E-state index contributed by atoms with van der Waals surface area (Å²) in [6, 6.07) is -0.246. The van der Waals surface area contributed by atoms with Crippen molar-refractivity contribution in [1.82, 2.24) is 25.6 Å². The monoisotopic (exact) mass is 180 g/mol. The van der Waals surface area contributed by atoms with Crippen molar-refractivity contribution in [2.24, 2.45) is 5.73 Å². The molecule has 1 atom stereocenters. The second kappa shape index (κ2) is 2.94. The predicted octanol–water partition coefficient (Wildman–Crippen LogP) is -0.126. The summed E-state index contributed by atoms with van der Waals surface area (Å²) in [7, 11) is 0. The number of hydrogen-bond donors (Lipinski definition) is 2. The topological polar surface area (TPSA) is 107 Å². The number of rotatable bonds is 2. The highest BCUT2D eigenvalue weighted by molar-refractivity contribution is 5.42. The van der Waals surface area contributed by atoms with Crippen molar-refractivity contribution in [3.05, 3.63) is 12.0 Å². The number of aromatic amines is 1. The summed E-state index contributed by atoms with van der Waals surface area (Å²) in [5.74, 6) is 0.777. The smallest absolute Gasteiger partial charge is 0.280 e. The molecule has 0 amide bonds. The van der Waals surface area contributed by atoms with Gasteiger partial charge in [-0.05, 0) is 6.92 Å². The van der Waals surface area contributed by atoms with Gasteiger partial charge in [-0.1, -0.05) is 5.16 Å². The number of nitrogens with zero attached hydrogens (tertiary/aromatic N) is 4. The number of nitrogens with two attached hydrogens (primary N) is 1. The van der Waals surface area contributed by atoms with Gasteiger partial charge in [0.05, 0.1) is 12.2 Å². The normalized spacial score (nSPS) is 13.1. The van der Waals surface area contributed by atoms with Gasteiger partial charge in [-0.3, -0.25) is 0 Å². The summed E-state index contributed by atoms with van der Waals surface area (Å²) in [4.78, 5) is 4.03. The van der Waals surface area contributed by atoms with Gasteiger partial charge in [0.1, 0.15) is 0 Å². The average molecular weight is 180 g/mol. The van der Waals surface area contributed by atoms with E-state index < -0.39 is 0 Å². The van der Waals surface area contributed by atoms with E-state index in [1.54, 1.807) is 6.92 Å². The van der Waals surface area contributed by atoms with Gasteiger partial charge in [0.25, 0.3) is 5.89 Å². The van der Waals surface area contributed by atoms with Crippen LogP contribution in [-0.2, 0) is 0 Å². The van der Waals surface area contributed by atoms with Crippen LogP contribution in [0.5, 0.6) is 0 Å². The molecule has 0 aliphatic heterocycles. The van der Waals surface area contributed by atoms with E-state index in [9.17, 15) is 0 Å². The van der Waals surface area contributed by atoms with Crippen molar-refractivity contribution in [2.75, 3.05) is 0 Å². The van der Waals surface area contributed by atoms with Crippen LogP contribution in [0.4, 0.5) is 0 Å². The van der Waals surface area contributed by atoms with Crippen molar-refractivity contribution in [2.45, 2.75) is 13.0 Å². The molecule has 0 radical (unpaired) electrons. The lowest BCUT2D eigenvalue weighted by molar-refractivity contribution is 0.417.